The molecule has 0 amide bonds. The van der Waals surface area contributed by atoms with Crippen molar-refractivity contribution in [3.63, 3.8) is 0 Å². The van der Waals surface area contributed by atoms with E-state index < -0.39 is 23.8 Å². The maximum Gasteiger partial charge on any atom is 0.313 e. The highest BCUT2D eigenvalue weighted by molar-refractivity contribution is 5.79. The first-order chi connectivity index (χ1) is 28.8. The molecule has 0 aromatic heterocycles. The summed E-state index contributed by atoms with van der Waals surface area (Å²) in [5.41, 5.74) is 3.61. The Kier molecular flexibility index (Phi) is 22.3. The largest absolute Gasteiger partial charge is 0.463 e. The second-order valence-corrected chi connectivity index (χ2v) is 13.3. The van der Waals surface area contributed by atoms with Gasteiger partial charge < -0.3 is 42.6 Å². The molecule has 0 fully saturated rings. The van der Waals surface area contributed by atoms with Crippen LogP contribution in [0.5, 0.6) is 0 Å². The van der Waals surface area contributed by atoms with E-state index in [0.29, 0.717) is 102 Å². The van der Waals surface area contributed by atoms with Crippen molar-refractivity contribution in [1.82, 2.24) is 0 Å². The van der Waals surface area contributed by atoms with Crippen LogP contribution in [0.4, 0.5) is 8.78 Å². The van der Waals surface area contributed by atoms with Gasteiger partial charge >= 0.3 is 11.9 Å². The van der Waals surface area contributed by atoms with E-state index in [1.807, 2.05) is 60.7 Å². The van der Waals surface area contributed by atoms with Crippen molar-refractivity contribution in [3.05, 3.63) is 120 Å². The summed E-state index contributed by atoms with van der Waals surface area (Å²) in [7, 11) is 0. The summed E-state index contributed by atoms with van der Waals surface area (Å²) >= 11 is 0. The highest BCUT2D eigenvalue weighted by Crippen LogP contribution is 2.28. The predicted molar refractivity (Wildman–Crippen MR) is 218 cm³/mol. The average molecular weight is 823 g/mol. The SMILES string of the molecule is CC(C(=O)OCCOCCOCCOCCOCCOCCOCCOCCOC(=O)C(C)c1ccc(-c2ccccc2)c(F)c1)c1ccc(-c2ccccc2)c(F)c1. The van der Waals surface area contributed by atoms with Crippen molar-refractivity contribution in [2.24, 2.45) is 0 Å². The van der Waals surface area contributed by atoms with Crippen molar-refractivity contribution in [3.8, 4) is 22.3 Å². The average Bonchev–Trinajstić information content (AvgIpc) is 3.26. The first-order valence-corrected chi connectivity index (χ1v) is 19.9. The van der Waals surface area contributed by atoms with Gasteiger partial charge in [-0.3, -0.25) is 9.59 Å². The smallest absolute Gasteiger partial charge is 0.313 e. The maximum absolute atomic E-state index is 14.7. The lowest BCUT2D eigenvalue weighted by molar-refractivity contribution is -0.147. The van der Waals surface area contributed by atoms with E-state index in [4.69, 9.17) is 42.6 Å². The Bertz CT molecular complexity index is 1650. The molecule has 0 aliphatic carbocycles. The molecule has 0 N–H and O–H groups in total. The van der Waals surface area contributed by atoms with Crippen LogP contribution in [-0.2, 0) is 52.2 Å². The molecule has 11 nitrogen and oxygen atoms in total. The van der Waals surface area contributed by atoms with E-state index >= 15 is 0 Å². The maximum atomic E-state index is 14.7. The molecule has 0 radical (unpaired) electrons. The predicted octanol–water partition coefficient (Wildman–Crippen LogP) is 7.41. The molecule has 0 bridgehead atoms. The van der Waals surface area contributed by atoms with Crippen molar-refractivity contribution < 1.29 is 61.0 Å². The van der Waals surface area contributed by atoms with Crippen LogP contribution in [0.15, 0.2) is 97.1 Å². The van der Waals surface area contributed by atoms with E-state index in [0.717, 1.165) is 11.1 Å². The van der Waals surface area contributed by atoms with E-state index in [1.54, 1.807) is 38.1 Å². The summed E-state index contributed by atoms with van der Waals surface area (Å²) in [6, 6.07) is 28.1. The molecular weight excluding hydrogens is 766 g/mol. The van der Waals surface area contributed by atoms with Crippen molar-refractivity contribution >= 4 is 11.9 Å². The molecule has 4 aromatic carbocycles. The van der Waals surface area contributed by atoms with Crippen LogP contribution in [0, 0.1) is 11.6 Å². The van der Waals surface area contributed by atoms with Gasteiger partial charge in [-0.2, -0.15) is 0 Å². The molecule has 0 aliphatic rings. The van der Waals surface area contributed by atoms with Crippen LogP contribution in [0.2, 0.25) is 0 Å². The molecule has 4 aromatic rings. The normalized spacial score (nSPS) is 12.3. The number of carbonyl (C=O) groups is 2. The van der Waals surface area contributed by atoms with Gasteiger partial charge in [-0.15, -0.1) is 0 Å². The van der Waals surface area contributed by atoms with Gasteiger partial charge in [-0.25, -0.2) is 8.78 Å². The number of halogens is 2. The van der Waals surface area contributed by atoms with Crippen LogP contribution in [-0.4, -0.2) is 118 Å². The van der Waals surface area contributed by atoms with Gasteiger partial charge in [0.25, 0.3) is 0 Å². The lowest BCUT2D eigenvalue weighted by Crippen LogP contribution is -2.18. The number of hydrogen-bond donors (Lipinski definition) is 0. The van der Waals surface area contributed by atoms with Crippen molar-refractivity contribution in [2.45, 2.75) is 25.7 Å². The minimum Gasteiger partial charge on any atom is -0.463 e. The van der Waals surface area contributed by atoms with Gasteiger partial charge in [0.15, 0.2) is 0 Å². The molecule has 0 aliphatic heterocycles. The molecule has 59 heavy (non-hydrogen) atoms. The summed E-state index contributed by atoms with van der Waals surface area (Å²) in [5.74, 6) is -2.87. The fourth-order valence-corrected chi connectivity index (χ4v) is 5.65. The second kappa shape index (κ2) is 28.0. The molecular formula is C46H56F2O11. The number of hydrogen-bond acceptors (Lipinski definition) is 11. The monoisotopic (exact) mass is 822 g/mol. The van der Waals surface area contributed by atoms with E-state index in [2.05, 4.69) is 0 Å². The van der Waals surface area contributed by atoms with E-state index in [9.17, 15) is 18.4 Å². The first-order valence-electron chi connectivity index (χ1n) is 19.9. The van der Waals surface area contributed by atoms with Crippen LogP contribution in [0.3, 0.4) is 0 Å². The quantitative estimate of drug-likeness (QED) is 0.0387. The van der Waals surface area contributed by atoms with Gasteiger partial charge in [0.1, 0.15) is 24.8 Å². The Morgan fingerprint density at radius 1 is 0.407 bits per heavy atom. The summed E-state index contributed by atoms with van der Waals surface area (Å²) < 4.78 is 78.3. The summed E-state index contributed by atoms with van der Waals surface area (Å²) in [5, 5.41) is 0. The molecule has 0 heterocycles. The van der Waals surface area contributed by atoms with Crippen molar-refractivity contribution in [2.75, 3.05) is 106 Å². The number of esters is 2. The summed E-state index contributed by atoms with van der Waals surface area (Å²) in [6.45, 7) is 8.82. The third-order valence-electron chi connectivity index (χ3n) is 9.04. The minimum absolute atomic E-state index is 0.0917. The zero-order chi connectivity index (χ0) is 41.9. The molecule has 2 unspecified atom stereocenters. The molecule has 0 saturated carbocycles. The zero-order valence-corrected chi connectivity index (χ0v) is 34.0. The third-order valence-corrected chi connectivity index (χ3v) is 9.04. The lowest BCUT2D eigenvalue weighted by Gasteiger charge is -2.13. The van der Waals surface area contributed by atoms with Crippen LogP contribution >= 0.6 is 0 Å². The Morgan fingerprint density at radius 2 is 0.678 bits per heavy atom. The molecule has 0 saturated heterocycles. The number of carbonyl (C=O) groups excluding carboxylic acids is 2. The number of benzene rings is 4. The van der Waals surface area contributed by atoms with Gasteiger partial charge in [0.05, 0.1) is 104 Å². The second-order valence-electron chi connectivity index (χ2n) is 13.3. The van der Waals surface area contributed by atoms with Gasteiger partial charge in [0, 0.05) is 11.1 Å². The van der Waals surface area contributed by atoms with Crippen molar-refractivity contribution in [1.29, 1.82) is 0 Å². The Balaban J connectivity index is 0.853. The van der Waals surface area contributed by atoms with Crippen LogP contribution in [0.1, 0.15) is 36.8 Å². The lowest BCUT2D eigenvalue weighted by atomic mass is 9.97. The fourth-order valence-electron chi connectivity index (χ4n) is 5.65. The Labute approximate surface area is 345 Å². The van der Waals surface area contributed by atoms with Crippen LogP contribution in [0.25, 0.3) is 22.3 Å². The molecule has 0 spiro atoms. The standard InChI is InChI=1S/C46H56F2O11/c1-35(39-13-15-41(43(47)33-39)37-9-5-3-6-10-37)45(49)58-31-29-56-27-25-54-23-21-52-19-17-51-18-20-53-22-24-55-26-28-57-30-32-59-46(50)36(2)40-14-16-42(44(48)34-40)38-11-7-4-8-12-38/h3-16,33-36H,17-32H2,1-2H3. The summed E-state index contributed by atoms with van der Waals surface area (Å²) in [6.07, 6.45) is 0. The van der Waals surface area contributed by atoms with Gasteiger partial charge in [-0.05, 0) is 48.2 Å². The number of ether oxygens (including phenoxy) is 9. The molecule has 13 heteroatoms. The highest BCUT2D eigenvalue weighted by atomic mass is 19.1. The Morgan fingerprint density at radius 3 is 0.949 bits per heavy atom. The van der Waals surface area contributed by atoms with E-state index in [1.165, 1.54) is 12.1 Å². The highest BCUT2D eigenvalue weighted by Gasteiger charge is 2.20. The molecule has 320 valence electrons. The third kappa shape index (κ3) is 17.7. The van der Waals surface area contributed by atoms with E-state index in [-0.39, 0.29) is 38.1 Å². The molecule has 4 rings (SSSR count). The Hall–Kier alpha value is -4.60. The molecule has 2 atom stereocenters. The fraction of sp³-hybridized carbons (Fsp3) is 0.435. The van der Waals surface area contributed by atoms with Gasteiger partial charge in [-0.1, -0.05) is 84.9 Å². The number of rotatable bonds is 30. The minimum atomic E-state index is -0.608. The first kappa shape index (κ1) is 47.1. The topological polar surface area (TPSA) is 117 Å². The summed E-state index contributed by atoms with van der Waals surface area (Å²) in [4.78, 5) is 24.9. The van der Waals surface area contributed by atoms with Gasteiger partial charge in [0.2, 0.25) is 0 Å². The zero-order valence-electron chi connectivity index (χ0n) is 34.0. The van der Waals surface area contributed by atoms with Crippen LogP contribution < -0.4 is 0 Å².